The highest BCUT2D eigenvalue weighted by atomic mass is 32.2. The Bertz CT molecular complexity index is 521. The second-order valence-electron chi connectivity index (χ2n) is 5.39. The molecule has 0 saturated carbocycles. The van der Waals surface area contributed by atoms with Crippen LogP contribution >= 0.6 is 0 Å². The van der Waals surface area contributed by atoms with Gasteiger partial charge in [0.15, 0.2) is 0 Å². The van der Waals surface area contributed by atoms with Crippen molar-refractivity contribution in [2.45, 2.75) is 32.1 Å². The second kappa shape index (κ2) is 5.24. The van der Waals surface area contributed by atoms with E-state index in [-0.39, 0.29) is 16.0 Å². The predicted octanol–water partition coefficient (Wildman–Crippen LogP) is 2.12. The molecule has 0 atom stereocenters. The predicted molar refractivity (Wildman–Crippen MR) is 70.1 cm³/mol. The van der Waals surface area contributed by atoms with Gasteiger partial charge < -0.3 is 5.73 Å². The van der Waals surface area contributed by atoms with E-state index in [0.717, 1.165) is 12.1 Å². The molecule has 0 aliphatic carbocycles. The van der Waals surface area contributed by atoms with Gasteiger partial charge in [-0.3, -0.25) is 0 Å². The first kappa shape index (κ1) is 14.9. The number of halogens is 1. The van der Waals surface area contributed by atoms with Crippen LogP contribution in [0.5, 0.6) is 0 Å². The Morgan fingerprint density at radius 3 is 2.44 bits per heavy atom. The van der Waals surface area contributed by atoms with Crippen molar-refractivity contribution in [2.24, 2.45) is 5.41 Å². The van der Waals surface area contributed by atoms with Gasteiger partial charge in [0.05, 0.1) is 5.69 Å². The molecule has 0 fully saturated rings. The van der Waals surface area contributed by atoms with Crippen molar-refractivity contribution >= 4 is 15.7 Å². The molecule has 0 bridgehead atoms. The van der Waals surface area contributed by atoms with Crippen molar-refractivity contribution in [1.82, 2.24) is 4.72 Å². The van der Waals surface area contributed by atoms with Crippen LogP contribution in [0.2, 0.25) is 0 Å². The lowest BCUT2D eigenvalue weighted by molar-refractivity contribution is 0.378. The van der Waals surface area contributed by atoms with Gasteiger partial charge in [0.2, 0.25) is 10.0 Å². The molecule has 0 aromatic heterocycles. The highest BCUT2D eigenvalue weighted by Gasteiger charge is 2.18. The fourth-order valence-corrected chi connectivity index (χ4v) is 2.54. The Morgan fingerprint density at radius 1 is 1.33 bits per heavy atom. The van der Waals surface area contributed by atoms with Gasteiger partial charge in [-0.25, -0.2) is 17.5 Å². The quantitative estimate of drug-likeness (QED) is 0.826. The minimum absolute atomic E-state index is 0.0386. The standard InChI is InChI=1S/C12H19FN2O2S/c1-12(2,3)6-7-15-18(16,17)11-5-4-9(13)8-10(11)14/h4-5,8,15H,6-7,14H2,1-3H3. The lowest BCUT2D eigenvalue weighted by Crippen LogP contribution is -2.28. The van der Waals surface area contributed by atoms with E-state index < -0.39 is 15.8 Å². The first-order chi connectivity index (χ1) is 8.12. The van der Waals surface area contributed by atoms with Crippen molar-refractivity contribution in [3.8, 4) is 0 Å². The number of benzene rings is 1. The number of nitrogen functional groups attached to an aromatic ring is 1. The van der Waals surface area contributed by atoms with Gasteiger partial charge in [0.25, 0.3) is 0 Å². The molecule has 1 aromatic rings. The third-order valence-corrected chi connectivity index (χ3v) is 3.96. The molecule has 0 spiro atoms. The number of nitrogens with one attached hydrogen (secondary N) is 1. The van der Waals surface area contributed by atoms with Crippen molar-refractivity contribution in [2.75, 3.05) is 12.3 Å². The topological polar surface area (TPSA) is 72.2 Å². The maximum absolute atomic E-state index is 12.8. The number of rotatable bonds is 4. The van der Waals surface area contributed by atoms with E-state index in [2.05, 4.69) is 4.72 Å². The van der Waals surface area contributed by atoms with Crippen LogP contribution < -0.4 is 10.5 Å². The second-order valence-corrected chi connectivity index (χ2v) is 7.13. The zero-order valence-electron chi connectivity index (χ0n) is 10.8. The van der Waals surface area contributed by atoms with Gasteiger partial charge in [-0.15, -0.1) is 0 Å². The fourth-order valence-electron chi connectivity index (χ4n) is 1.40. The summed E-state index contributed by atoms with van der Waals surface area (Å²) in [6.45, 7) is 6.39. The first-order valence-corrected chi connectivity index (χ1v) is 7.15. The van der Waals surface area contributed by atoms with Crippen molar-refractivity contribution in [1.29, 1.82) is 0 Å². The summed E-state index contributed by atoms with van der Waals surface area (Å²) in [5.74, 6) is -0.554. The average Bonchev–Trinajstić information content (AvgIpc) is 2.13. The van der Waals surface area contributed by atoms with E-state index in [9.17, 15) is 12.8 Å². The van der Waals surface area contributed by atoms with Crippen molar-refractivity contribution in [3.05, 3.63) is 24.0 Å². The Kier molecular flexibility index (Phi) is 4.34. The third-order valence-electron chi connectivity index (χ3n) is 2.43. The van der Waals surface area contributed by atoms with Gasteiger partial charge in [-0.05, 0) is 30.0 Å². The van der Waals surface area contributed by atoms with Gasteiger partial charge in [-0.1, -0.05) is 20.8 Å². The molecular formula is C12H19FN2O2S. The Balaban J connectivity index is 2.81. The molecule has 0 aliphatic heterocycles. The van der Waals surface area contributed by atoms with Crippen LogP contribution in [-0.2, 0) is 10.0 Å². The summed E-state index contributed by atoms with van der Waals surface area (Å²) in [6.07, 6.45) is 0.702. The average molecular weight is 274 g/mol. The molecule has 1 rings (SSSR count). The highest BCUT2D eigenvalue weighted by Crippen LogP contribution is 2.20. The molecule has 0 saturated heterocycles. The van der Waals surface area contributed by atoms with Crippen LogP contribution in [0.3, 0.4) is 0 Å². The minimum atomic E-state index is -3.67. The van der Waals surface area contributed by atoms with E-state index in [1.807, 2.05) is 20.8 Å². The number of nitrogens with two attached hydrogens (primary N) is 1. The molecular weight excluding hydrogens is 255 g/mol. The Labute approximate surface area is 107 Å². The lowest BCUT2D eigenvalue weighted by Gasteiger charge is -2.18. The van der Waals surface area contributed by atoms with Crippen LogP contribution in [0.15, 0.2) is 23.1 Å². The smallest absolute Gasteiger partial charge is 0.242 e. The fraction of sp³-hybridized carbons (Fsp3) is 0.500. The summed E-state index contributed by atoms with van der Waals surface area (Å²) < 4.78 is 39.2. The minimum Gasteiger partial charge on any atom is -0.398 e. The van der Waals surface area contributed by atoms with Gasteiger partial charge >= 0.3 is 0 Å². The Hall–Kier alpha value is -1.14. The molecule has 0 aliphatic rings. The van der Waals surface area contributed by atoms with Crippen LogP contribution in [-0.4, -0.2) is 15.0 Å². The molecule has 0 radical (unpaired) electrons. The number of anilines is 1. The maximum Gasteiger partial charge on any atom is 0.242 e. The first-order valence-electron chi connectivity index (χ1n) is 5.66. The zero-order chi connectivity index (χ0) is 14.0. The monoisotopic (exact) mass is 274 g/mol. The molecule has 18 heavy (non-hydrogen) atoms. The van der Waals surface area contributed by atoms with Crippen LogP contribution in [0.25, 0.3) is 0 Å². The molecule has 102 valence electrons. The third kappa shape index (κ3) is 4.27. The van der Waals surface area contributed by atoms with E-state index in [0.29, 0.717) is 13.0 Å². The molecule has 1 aromatic carbocycles. The zero-order valence-corrected chi connectivity index (χ0v) is 11.6. The number of sulfonamides is 1. The largest absolute Gasteiger partial charge is 0.398 e. The molecule has 0 unspecified atom stereocenters. The SMILES string of the molecule is CC(C)(C)CCNS(=O)(=O)c1ccc(F)cc1N. The summed E-state index contributed by atoms with van der Waals surface area (Å²) >= 11 is 0. The lowest BCUT2D eigenvalue weighted by atomic mass is 9.93. The molecule has 6 heteroatoms. The summed E-state index contributed by atoms with van der Waals surface area (Å²) in [5.41, 5.74) is 5.46. The van der Waals surface area contributed by atoms with Crippen LogP contribution in [0, 0.1) is 11.2 Å². The summed E-state index contributed by atoms with van der Waals surface area (Å²) in [5, 5.41) is 0. The molecule has 3 N–H and O–H groups in total. The molecule has 0 heterocycles. The summed E-state index contributed by atoms with van der Waals surface area (Å²) in [7, 11) is -3.67. The van der Waals surface area contributed by atoms with Gasteiger partial charge in [0.1, 0.15) is 10.7 Å². The number of hydrogen-bond acceptors (Lipinski definition) is 3. The van der Waals surface area contributed by atoms with E-state index in [4.69, 9.17) is 5.73 Å². The van der Waals surface area contributed by atoms with E-state index in [1.165, 1.54) is 6.07 Å². The van der Waals surface area contributed by atoms with Crippen molar-refractivity contribution < 1.29 is 12.8 Å². The summed E-state index contributed by atoms with van der Waals surface area (Å²) in [6, 6.07) is 3.25. The van der Waals surface area contributed by atoms with Crippen LogP contribution in [0.4, 0.5) is 10.1 Å². The molecule has 4 nitrogen and oxygen atoms in total. The van der Waals surface area contributed by atoms with Gasteiger partial charge in [0, 0.05) is 6.54 Å². The maximum atomic E-state index is 12.8. The Morgan fingerprint density at radius 2 is 1.94 bits per heavy atom. The van der Waals surface area contributed by atoms with Crippen LogP contribution in [0.1, 0.15) is 27.2 Å². The van der Waals surface area contributed by atoms with E-state index >= 15 is 0 Å². The highest BCUT2D eigenvalue weighted by molar-refractivity contribution is 7.89. The number of hydrogen-bond donors (Lipinski definition) is 2. The van der Waals surface area contributed by atoms with Gasteiger partial charge in [-0.2, -0.15) is 0 Å². The van der Waals surface area contributed by atoms with Crippen molar-refractivity contribution in [3.63, 3.8) is 0 Å². The summed E-state index contributed by atoms with van der Waals surface area (Å²) in [4.78, 5) is -0.0854. The normalized spacial score (nSPS) is 12.7. The van der Waals surface area contributed by atoms with E-state index in [1.54, 1.807) is 0 Å². The molecule has 0 amide bonds.